The highest BCUT2D eigenvalue weighted by Gasteiger charge is 2.23. The minimum absolute atomic E-state index is 0.0833. The van der Waals surface area contributed by atoms with Crippen molar-refractivity contribution in [1.29, 1.82) is 0 Å². The number of likely N-dealkylation sites (tertiary alicyclic amines) is 1. The van der Waals surface area contributed by atoms with Gasteiger partial charge in [-0.1, -0.05) is 18.2 Å². The third-order valence-electron chi connectivity index (χ3n) is 5.02. The summed E-state index contributed by atoms with van der Waals surface area (Å²) in [5, 5.41) is 0. The summed E-state index contributed by atoms with van der Waals surface area (Å²) < 4.78 is 13.7. The van der Waals surface area contributed by atoms with E-state index in [9.17, 15) is 9.18 Å². The van der Waals surface area contributed by atoms with Gasteiger partial charge in [-0.15, -0.1) is 0 Å². The van der Waals surface area contributed by atoms with Crippen LogP contribution in [-0.2, 0) is 6.42 Å². The van der Waals surface area contributed by atoms with Crippen LogP contribution in [0.2, 0.25) is 0 Å². The molecule has 26 heavy (non-hydrogen) atoms. The zero-order valence-corrected chi connectivity index (χ0v) is 15.1. The third-order valence-corrected chi connectivity index (χ3v) is 5.02. The van der Waals surface area contributed by atoms with Crippen molar-refractivity contribution in [3.05, 3.63) is 59.9 Å². The maximum Gasteiger partial charge on any atom is 0.273 e. The lowest BCUT2D eigenvalue weighted by Crippen LogP contribution is -2.40. The molecule has 5 nitrogen and oxygen atoms in total. The Morgan fingerprint density at radius 1 is 1.27 bits per heavy atom. The third kappa shape index (κ3) is 4.85. The quantitative estimate of drug-likeness (QED) is 0.798. The normalized spacial score (nSPS) is 15.8. The smallest absolute Gasteiger partial charge is 0.273 e. The fourth-order valence-electron chi connectivity index (χ4n) is 3.45. The first kappa shape index (κ1) is 18.5. The number of hydrogen-bond acceptors (Lipinski definition) is 4. The topological polar surface area (TPSA) is 49.3 Å². The molecular weight excluding hydrogens is 331 g/mol. The van der Waals surface area contributed by atoms with Gasteiger partial charge in [0.05, 0.1) is 6.20 Å². The van der Waals surface area contributed by atoms with E-state index in [1.165, 1.54) is 18.5 Å². The van der Waals surface area contributed by atoms with Crippen LogP contribution in [0.1, 0.15) is 28.9 Å². The average Bonchev–Trinajstić information content (AvgIpc) is 2.68. The molecule has 0 bridgehead atoms. The Labute approximate surface area is 153 Å². The van der Waals surface area contributed by atoms with Crippen molar-refractivity contribution >= 4 is 5.91 Å². The molecule has 1 aromatic carbocycles. The zero-order chi connectivity index (χ0) is 18.4. The molecule has 1 fully saturated rings. The molecular formula is C20H25FN4O. The molecule has 1 aliphatic rings. The summed E-state index contributed by atoms with van der Waals surface area (Å²) in [6.07, 6.45) is 7.44. The molecule has 0 spiro atoms. The van der Waals surface area contributed by atoms with Gasteiger partial charge in [-0.2, -0.15) is 0 Å². The number of hydrogen-bond donors (Lipinski definition) is 0. The van der Waals surface area contributed by atoms with E-state index in [0.717, 1.165) is 51.0 Å². The number of benzene rings is 1. The molecule has 0 N–H and O–H groups in total. The van der Waals surface area contributed by atoms with E-state index in [1.807, 2.05) is 19.2 Å². The Morgan fingerprint density at radius 2 is 2.04 bits per heavy atom. The van der Waals surface area contributed by atoms with Gasteiger partial charge in [-0.25, -0.2) is 9.37 Å². The lowest BCUT2D eigenvalue weighted by Gasteiger charge is -2.33. The standard InChI is InChI=1S/C20H25FN4O/c1-24(20(26)19-14-22-9-10-23-19)15-16-6-11-25(12-7-16)13-8-17-4-2-3-5-18(17)21/h2-5,9-10,14,16H,6-8,11-13,15H2,1H3. The number of piperidine rings is 1. The van der Waals surface area contributed by atoms with Gasteiger partial charge in [-0.3, -0.25) is 9.78 Å². The largest absolute Gasteiger partial charge is 0.340 e. The van der Waals surface area contributed by atoms with Crippen LogP contribution in [0.3, 0.4) is 0 Å². The van der Waals surface area contributed by atoms with Crippen molar-refractivity contribution < 1.29 is 9.18 Å². The van der Waals surface area contributed by atoms with Gasteiger partial charge in [-0.05, 0) is 49.9 Å². The highest BCUT2D eigenvalue weighted by molar-refractivity contribution is 5.91. The first-order chi connectivity index (χ1) is 12.6. The van der Waals surface area contributed by atoms with E-state index in [2.05, 4.69) is 14.9 Å². The van der Waals surface area contributed by atoms with Crippen molar-refractivity contribution in [3.63, 3.8) is 0 Å². The summed E-state index contributed by atoms with van der Waals surface area (Å²) in [5.41, 5.74) is 1.17. The van der Waals surface area contributed by atoms with Gasteiger partial charge < -0.3 is 9.80 Å². The van der Waals surface area contributed by atoms with Crippen LogP contribution < -0.4 is 0 Å². The fourth-order valence-corrected chi connectivity index (χ4v) is 3.45. The molecule has 2 heterocycles. The monoisotopic (exact) mass is 356 g/mol. The van der Waals surface area contributed by atoms with Crippen molar-refractivity contribution in [2.75, 3.05) is 33.2 Å². The second kappa shape index (κ2) is 8.85. The van der Waals surface area contributed by atoms with Crippen LogP contribution in [0.5, 0.6) is 0 Å². The molecule has 0 atom stereocenters. The molecule has 0 radical (unpaired) electrons. The van der Waals surface area contributed by atoms with E-state index in [0.29, 0.717) is 11.6 Å². The van der Waals surface area contributed by atoms with Crippen molar-refractivity contribution in [3.8, 4) is 0 Å². The zero-order valence-electron chi connectivity index (χ0n) is 15.1. The van der Waals surface area contributed by atoms with Crippen LogP contribution >= 0.6 is 0 Å². The van der Waals surface area contributed by atoms with E-state index in [1.54, 1.807) is 17.2 Å². The Hall–Kier alpha value is -2.34. The van der Waals surface area contributed by atoms with Gasteiger partial charge in [0.1, 0.15) is 11.5 Å². The van der Waals surface area contributed by atoms with Crippen LogP contribution in [-0.4, -0.2) is 58.9 Å². The lowest BCUT2D eigenvalue weighted by molar-refractivity contribution is 0.0734. The van der Waals surface area contributed by atoms with Crippen LogP contribution in [0.4, 0.5) is 4.39 Å². The number of carbonyl (C=O) groups is 1. The van der Waals surface area contributed by atoms with Crippen LogP contribution in [0, 0.1) is 11.7 Å². The molecule has 6 heteroatoms. The van der Waals surface area contributed by atoms with E-state index in [-0.39, 0.29) is 11.7 Å². The molecule has 138 valence electrons. The SMILES string of the molecule is CN(CC1CCN(CCc2ccccc2F)CC1)C(=O)c1cnccn1. The highest BCUT2D eigenvalue weighted by Crippen LogP contribution is 2.19. The number of carbonyl (C=O) groups excluding carboxylic acids is 1. The van der Waals surface area contributed by atoms with Gasteiger partial charge in [0, 0.05) is 32.5 Å². The first-order valence-corrected chi connectivity index (χ1v) is 9.10. The van der Waals surface area contributed by atoms with Crippen molar-refractivity contribution in [1.82, 2.24) is 19.8 Å². The number of rotatable bonds is 6. The molecule has 1 saturated heterocycles. The Bertz CT molecular complexity index is 717. The summed E-state index contributed by atoms with van der Waals surface area (Å²) >= 11 is 0. The summed E-state index contributed by atoms with van der Waals surface area (Å²) in [7, 11) is 1.82. The van der Waals surface area contributed by atoms with Crippen LogP contribution in [0.15, 0.2) is 42.9 Å². The number of amides is 1. The first-order valence-electron chi connectivity index (χ1n) is 9.10. The molecule has 0 unspecified atom stereocenters. The molecule has 2 aromatic rings. The predicted molar refractivity (Wildman–Crippen MR) is 98.3 cm³/mol. The maximum atomic E-state index is 13.7. The second-order valence-electron chi connectivity index (χ2n) is 6.90. The predicted octanol–water partition coefficient (Wildman–Crippen LogP) is 2.64. The Balaban J connectivity index is 1.42. The molecule has 1 aliphatic heterocycles. The molecule has 3 rings (SSSR count). The van der Waals surface area contributed by atoms with Crippen molar-refractivity contribution in [2.45, 2.75) is 19.3 Å². The van der Waals surface area contributed by atoms with Gasteiger partial charge in [0.25, 0.3) is 5.91 Å². The number of nitrogens with zero attached hydrogens (tertiary/aromatic N) is 4. The minimum atomic E-state index is -0.119. The van der Waals surface area contributed by atoms with E-state index < -0.39 is 0 Å². The van der Waals surface area contributed by atoms with Gasteiger partial charge >= 0.3 is 0 Å². The molecule has 0 saturated carbocycles. The molecule has 0 aliphatic carbocycles. The Morgan fingerprint density at radius 3 is 2.73 bits per heavy atom. The lowest BCUT2D eigenvalue weighted by atomic mass is 9.96. The average molecular weight is 356 g/mol. The van der Waals surface area contributed by atoms with E-state index >= 15 is 0 Å². The fraction of sp³-hybridized carbons (Fsp3) is 0.450. The second-order valence-corrected chi connectivity index (χ2v) is 6.90. The summed E-state index contributed by atoms with van der Waals surface area (Å²) in [6, 6.07) is 6.98. The minimum Gasteiger partial charge on any atom is -0.340 e. The highest BCUT2D eigenvalue weighted by atomic mass is 19.1. The number of halogens is 1. The van der Waals surface area contributed by atoms with E-state index in [4.69, 9.17) is 0 Å². The molecule has 1 aromatic heterocycles. The van der Waals surface area contributed by atoms with Crippen LogP contribution in [0.25, 0.3) is 0 Å². The summed E-state index contributed by atoms with van der Waals surface area (Å²) in [6.45, 7) is 3.59. The molecule has 1 amide bonds. The Kier molecular flexibility index (Phi) is 6.28. The summed E-state index contributed by atoms with van der Waals surface area (Å²) in [4.78, 5) is 24.5. The summed E-state index contributed by atoms with van der Waals surface area (Å²) in [5.74, 6) is 0.289. The van der Waals surface area contributed by atoms with Gasteiger partial charge in [0.15, 0.2) is 0 Å². The van der Waals surface area contributed by atoms with Gasteiger partial charge in [0.2, 0.25) is 0 Å². The maximum absolute atomic E-state index is 13.7. The van der Waals surface area contributed by atoms with Crippen molar-refractivity contribution in [2.24, 2.45) is 5.92 Å². The number of aromatic nitrogens is 2.